The summed E-state index contributed by atoms with van der Waals surface area (Å²) in [5, 5.41) is 5.58. The molecule has 7 heavy (non-hydrogen) atoms. The number of hydrogen-bond acceptors (Lipinski definition) is 5. The normalized spacial score (nSPS) is 12.9. The Bertz CT molecular complexity index is 96.3. The molecule has 1 N–H and O–H groups in total. The molecule has 1 atom stereocenters. The van der Waals surface area contributed by atoms with Crippen molar-refractivity contribution in [3.63, 3.8) is 0 Å². The highest BCUT2D eigenvalue weighted by atomic mass is 32.2. The Hall–Kier alpha value is -0.460. The lowest BCUT2D eigenvalue weighted by atomic mass is 11.6. The first-order chi connectivity index (χ1) is 3.18. The minimum absolute atomic E-state index is 1.68. The van der Waals surface area contributed by atoms with E-state index in [1.807, 2.05) is 0 Å². The summed E-state index contributed by atoms with van der Waals surface area (Å²) in [7, 11) is 0. The SMILES string of the molecule is O=C(OO)S(=O)[O-]. The van der Waals surface area contributed by atoms with E-state index in [4.69, 9.17) is 5.26 Å². The average Bonchev–Trinajstić information content (AvgIpc) is 1.65. The molecule has 1 unspecified atom stereocenters. The average molecular weight is 125 g/mol. The molecule has 0 radical (unpaired) electrons. The summed E-state index contributed by atoms with van der Waals surface area (Å²) in [4.78, 5) is 12.2. The predicted octanol–water partition coefficient (Wildman–Crippen LogP) is -0.525. The van der Waals surface area contributed by atoms with Crippen molar-refractivity contribution in [1.29, 1.82) is 0 Å². The van der Waals surface area contributed by atoms with Crippen LogP contribution < -0.4 is 0 Å². The number of carbonyl (C=O) groups is 1. The summed E-state index contributed by atoms with van der Waals surface area (Å²) in [6.07, 6.45) is 0. The van der Waals surface area contributed by atoms with Crippen LogP contribution in [0.2, 0.25) is 0 Å². The Morgan fingerprint density at radius 2 is 2.29 bits per heavy atom. The quantitative estimate of drug-likeness (QED) is 0.267. The molecular formula is CHO5S-. The summed E-state index contributed by atoms with van der Waals surface area (Å²) in [6.45, 7) is 0. The van der Waals surface area contributed by atoms with E-state index in [1.165, 1.54) is 0 Å². The lowest BCUT2D eigenvalue weighted by Gasteiger charge is -1.95. The third-order valence-electron chi connectivity index (χ3n) is 0.211. The van der Waals surface area contributed by atoms with Gasteiger partial charge in [0.25, 0.3) is 0 Å². The second-order valence-corrected chi connectivity index (χ2v) is 1.38. The molecule has 0 aliphatic rings. The van der Waals surface area contributed by atoms with E-state index in [-0.39, 0.29) is 0 Å². The van der Waals surface area contributed by atoms with Crippen molar-refractivity contribution >= 4 is 16.4 Å². The Kier molecular flexibility index (Phi) is 2.49. The standard InChI is InChI=1S/CH2O5S/c2-1(6-3)7(4)5/h3H,(H,4,5)/p-1. The maximum Gasteiger partial charge on any atom is 0.416 e. The van der Waals surface area contributed by atoms with Crippen molar-refractivity contribution in [1.82, 2.24) is 0 Å². The first kappa shape index (κ1) is 6.54. The minimum Gasteiger partial charge on any atom is -0.763 e. The molecule has 0 aromatic heterocycles. The van der Waals surface area contributed by atoms with E-state index in [0.717, 1.165) is 0 Å². The fraction of sp³-hybridized carbons (Fsp3) is 0. The highest BCUT2D eigenvalue weighted by molar-refractivity contribution is 7.94. The van der Waals surface area contributed by atoms with Gasteiger partial charge < -0.3 is 4.55 Å². The molecule has 0 aliphatic heterocycles. The second kappa shape index (κ2) is 2.67. The fourth-order valence-electron chi connectivity index (χ4n) is 0.0304. The number of hydrogen-bond donors (Lipinski definition) is 1. The van der Waals surface area contributed by atoms with E-state index in [1.54, 1.807) is 0 Å². The molecular weight excluding hydrogens is 124 g/mol. The fourth-order valence-corrected chi connectivity index (χ4v) is 0.0913. The molecule has 0 spiro atoms. The van der Waals surface area contributed by atoms with Crippen LogP contribution in [0.15, 0.2) is 0 Å². The topological polar surface area (TPSA) is 86.7 Å². The van der Waals surface area contributed by atoms with Crippen LogP contribution in [-0.2, 0) is 16.0 Å². The Morgan fingerprint density at radius 3 is 2.29 bits per heavy atom. The van der Waals surface area contributed by atoms with Crippen molar-refractivity contribution in [3.05, 3.63) is 0 Å². The second-order valence-electron chi connectivity index (χ2n) is 0.576. The van der Waals surface area contributed by atoms with Crippen LogP contribution in [0.5, 0.6) is 0 Å². The van der Waals surface area contributed by atoms with E-state index in [2.05, 4.69) is 4.89 Å². The number of carbonyl (C=O) groups excluding carboxylic acids is 1. The molecule has 0 aromatic carbocycles. The summed E-state index contributed by atoms with van der Waals surface area (Å²) in [6, 6.07) is 0. The molecule has 42 valence electrons. The molecule has 0 bridgehead atoms. The van der Waals surface area contributed by atoms with Gasteiger partial charge in [0.2, 0.25) is 0 Å². The van der Waals surface area contributed by atoms with Crippen LogP contribution in [-0.4, -0.2) is 19.3 Å². The lowest BCUT2D eigenvalue weighted by Crippen LogP contribution is -2.04. The van der Waals surface area contributed by atoms with E-state index < -0.39 is 16.4 Å². The third-order valence-corrected chi connectivity index (χ3v) is 0.557. The zero-order chi connectivity index (χ0) is 5.86. The molecule has 0 fully saturated rings. The highest BCUT2D eigenvalue weighted by Crippen LogP contribution is 1.78. The molecule has 0 saturated carbocycles. The van der Waals surface area contributed by atoms with Gasteiger partial charge in [-0.1, -0.05) is 0 Å². The zero-order valence-electron chi connectivity index (χ0n) is 2.99. The van der Waals surface area contributed by atoms with Crippen LogP contribution in [0.1, 0.15) is 0 Å². The van der Waals surface area contributed by atoms with Crippen LogP contribution in [0.3, 0.4) is 0 Å². The molecule has 0 aliphatic carbocycles. The maximum atomic E-state index is 9.43. The first-order valence-electron chi connectivity index (χ1n) is 1.13. The van der Waals surface area contributed by atoms with Crippen molar-refractivity contribution in [3.8, 4) is 0 Å². The van der Waals surface area contributed by atoms with Gasteiger partial charge in [0.15, 0.2) is 0 Å². The first-order valence-corrected chi connectivity index (χ1v) is 2.20. The number of rotatable bonds is 0. The Labute approximate surface area is 41.1 Å². The van der Waals surface area contributed by atoms with E-state index in [9.17, 15) is 13.6 Å². The highest BCUT2D eigenvalue weighted by Gasteiger charge is 1.97. The molecule has 0 rings (SSSR count). The van der Waals surface area contributed by atoms with Gasteiger partial charge in [-0.25, -0.2) is 4.79 Å². The van der Waals surface area contributed by atoms with E-state index in [0.29, 0.717) is 0 Å². The smallest absolute Gasteiger partial charge is 0.416 e. The molecule has 0 aromatic rings. The van der Waals surface area contributed by atoms with Crippen molar-refractivity contribution < 1.29 is 23.7 Å². The van der Waals surface area contributed by atoms with Gasteiger partial charge in [-0.3, -0.25) is 9.10 Å². The molecule has 0 saturated heterocycles. The predicted molar refractivity (Wildman–Crippen MR) is 18.0 cm³/mol. The van der Waals surface area contributed by atoms with Gasteiger partial charge >= 0.3 is 5.30 Å². The van der Waals surface area contributed by atoms with Crippen LogP contribution in [0.4, 0.5) is 4.79 Å². The lowest BCUT2D eigenvalue weighted by molar-refractivity contribution is -0.167. The largest absolute Gasteiger partial charge is 0.763 e. The summed E-state index contributed by atoms with van der Waals surface area (Å²) >= 11 is -2.97. The van der Waals surface area contributed by atoms with Crippen molar-refractivity contribution in [2.75, 3.05) is 0 Å². The van der Waals surface area contributed by atoms with Gasteiger partial charge in [0.05, 0.1) is 11.1 Å². The summed E-state index contributed by atoms with van der Waals surface area (Å²) in [5.74, 6) is 0. The molecule has 0 amide bonds. The van der Waals surface area contributed by atoms with Crippen molar-refractivity contribution in [2.24, 2.45) is 0 Å². The zero-order valence-corrected chi connectivity index (χ0v) is 3.80. The molecule has 0 heterocycles. The Morgan fingerprint density at radius 1 is 1.86 bits per heavy atom. The van der Waals surface area contributed by atoms with Gasteiger partial charge in [-0.15, -0.1) is 0 Å². The van der Waals surface area contributed by atoms with Gasteiger partial charge in [-0.2, -0.15) is 5.26 Å². The minimum atomic E-state index is -2.97. The monoisotopic (exact) mass is 125 g/mol. The third kappa shape index (κ3) is 2.26. The van der Waals surface area contributed by atoms with Crippen LogP contribution in [0, 0.1) is 0 Å². The summed E-state index contributed by atoms with van der Waals surface area (Å²) in [5.41, 5.74) is 0. The van der Waals surface area contributed by atoms with Gasteiger partial charge in [0.1, 0.15) is 0 Å². The van der Waals surface area contributed by atoms with E-state index >= 15 is 0 Å². The maximum absolute atomic E-state index is 9.43. The molecule has 5 nitrogen and oxygen atoms in total. The summed E-state index contributed by atoms with van der Waals surface area (Å²) < 4.78 is 18.6. The molecule has 6 heteroatoms. The van der Waals surface area contributed by atoms with Gasteiger partial charge in [-0.05, 0) is 0 Å². The van der Waals surface area contributed by atoms with Gasteiger partial charge in [0, 0.05) is 0 Å². The van der Waals surface area contributed by atoms with Crippen molar-refractivity contribution in [2.45, 2.75) is 0 Å². The Balaban J connectivity index is 3.58. The van der Waals surface area contributed by atoms with Crippen LogP contribution >= 0.6 is 0 Å². The van der Waals surface area contributed by atoms with Crippen LogP contribution in [0.25, 0.3) is 0 Å².